The molecule has 92 valence electrons. The number of rotatable bonds is 3. The summed E-state index contributed by atoms with van der Waals surface area (Å²) in [6, 6.07) is 5.00. The van der Waals surface area contributed by atoms with Gasteiger partial charge >= 0.3 is 0 Å². The van der Waals surface area contributed by atoms with Gasteiger partial charge in [0.15, 0.2) is 0 Å². The van der Waals surface area contributed by atoms with Crippen molar-refractivity contribution in [2.24, 2.45) is 0 Å². The number of nitrogens with zero attached hydrogens (tertiary/aromatic N) is 1. The quantitative estimate of drug-likeness (QED) is 0.631. The second-order valence-corrected chi connectivity index (χ2v) is 5.46. The van der Waals surface area contributed by atoms with Crippen molar-refractivity contribution >= 4 is 26.6 Å². The number of anilines is 1. The Morgan fingerprint density at radius 3 is 2.76 bits per heavy atom. The number of benzene rings is 1. The Bertz CT molecular complexity index is 648. The SMILES string of the molecule is CON(C)S(=O)(=O)c1c[nH]c2cc(N)ccc12. The van der Waals surface area contributed by atoms with E-state index >= 15 is 0 Å². The summed E-state index contributed by atoms with van der Waals surface area (Å²) in [5, 5.41) is 0.586. The lowest BCUT2D eigenvalue weighted by Crippen LogP contribution is -2.25. The molecule has 0 amide bonds. The number of fused-ring (bicyclic) bond motifs is 1. The molecule has 3 N–H and O–H groups in total. The zero-order valence-corrected chi connectivity index (χ0v) is 10.3. The number of nitrogen functional groups attached to an aromatic ring is 1. The van der Waals surface area contributed by atoms with Gasteiger partial charge in [-0.3, -0.25) is 4.84 Å². The summed E-state index contributed by atoms with van der Waals surface area (Å²) in [7, 11) is -1.01. The van der Waals surface area contributed by atoms with Gasteiger partial charge in [-0.25, -0.2) is 8.42 Å². The van der Waals surface area contributed by atoms with Crippen LogP contribution in [0.2, 0.25) is 0 Å². The highest BCUT2D eigenvalue weighted by molar-refractivity contribution is 7.89. The van der Waals surface area contributed by atoms with E-state index in [2.05, 4.69) is 4.98 Å². The molecule has 6 nitrogen and oxygen atoms in total. The summed E-state index contributed by atoms with van der Waals surface area (Å²) < 4.78 is 25.0. The van der Waals surface area contributed by atoms with Gasteiger partial charge in [0.2, 0.25) is 0 Å². The number of sulfonamides is 1. The van der Waals surface area contributed by atoms with Gasteiger partial charge in [-0.2, -0.15) is 0 Å². The molecule has 0 saturated carbocycles. The van der Waals surface area contributed by atoms with E-state index in [1.165, 1.54) is 20.4 Å². The van der Waals surface area contributed by atoms with Crippen LogP contribution in [0.15, 0.2) is 29.3 Å². The number of hydrogen-bond acceptors (Lipinski definition) is 4. The number of hydrogen-bond donors (Lipinski definition) is 2. The molecule has 0 atom stereocenters. The summed E-state index contributed by atoms with van der Waals surface area (Å²) in [6.07, 6.45) is 1.43. The lowest BCUT2D eigenvalue weighted by atomic mass is 10.2. The van der Waals surface area contributed by atoms with Crippen LogP contribution in [-0.4, -0.2) is 32.0 Å². The van der Waals surface area contributed by atoms with Crippen molar-refractivity contribution < 1.29 is 13.3 Å². The molecule has 0 radical (unpaired) electrons. The number of hydroxylamine groups is 1. The van der Waals surface area contributed by atoms with Crippen molar-refractivity contribution in [2.75, 3.05) is 19.9 Å². The molecule has 0 aliphatic carbocycles. The Morgan fingerprint density at radius 2 is 2.12 bits per heavy atom. The summed E-state index contributed by atoms with van der Waals surface area (Å²) in [4.78, 5) is 7.75. The largest absolute Gasteiger partial charge is 0.399 e. The standard InChI is InChI=1S/C10H13N3O3S/c1-13(16-2)17(14,15)10-6-12-9-5-7(11)3-4-8(9)10/h3-6,12H,11H2,1-2H3. The normalized spacial score (nSPS) is 12.4. The average Bonchev–Trinajstić information content (AvgIpc) is 2.71. The molecule has 1 heterocycles. The van der Waals surface area contributed by atoms with Crippen LogP contribution in [-0.2, 0) is 14.9 Å². The molecular weight excluding hydrogens is 242 g/mol. The van der Waals surface area contributed by atoms with Crippen molar-refractivity contribution in [3.63, 3.8) is 0 Å². The molecule has 0 unspecified atom stereocenters. The minimum atomic E-state index is -3.65. The summed E-state index contributed by atoms with van der Waals surface area (Å²) in [5.41, 5.74) is 6.87. The zero-order chi connectivity index (χ0) is 12.6. The molecule has 0 aliphatic heterocycles. The van der Waals surface area contributed by atoms with Crippen molar-refractivity contribution in [3.05, 3.63) is 24.4 Å². The molecule has 0 saturated heterocycles. The minimum absolute atomic E-state index is 0.164. The Morgan fingerprint density at radius 1 is 1.41 bits per heavy atom. The first-order valence-corrected chi connectivity index (χ1v) is 6.30. The molecule has 7 heteroatoms. The van der Waals surface area contributed by atoms with E-state index in [9.17, 15) is 8.42 Å². The first kappa shape index (κ1) is 11.9. The van der Waals surface area contributed by atoms with Crippen molar-refractivity contribution in [3.8, 4) is 0 Å². The fourth-order valence-electron chi connectivity index (χ4n) is 1.57. The topological polar surface area (TPSA) is 88.4 Å². The van der Waals surface area contributed by atoms with E-state index < -0.39 is 10.0 Å². The van der Waals surface area contributed by atoms with Gasteiger partial charge in [0.25, 0.3) is 10.0 Å². The van der Waals surface area contributed by atoms with Gasteiger partial charge in [-0.15, -0.1) is 0 Å². The van der Waals surface area contributed by atoms with Gasteiger partial charge < -0.3 is 10.7 Å². The van der Waals surface area contributed by atoms with Crippen LogP contribution in [0.5, 0.6) is 0 Å². The second kappa shape index (κ2) is 4.02. The van der Waals surface area contributed by atoms with E-state index in [1.54, 1.807) is 18.2 Å². The summed E-state index contributed by atoms with van der Waals surface area (Å²) in [6.45, 7) is 0. The molecule has 17 heavy (non-hydrogen) atoms. The lowest BCUT2D eigenvalue weighted by molar-refractivity contribution is -0.0257. The number of nitrogens with two attached hydrogens (primary N) is 1. The first-order chi connectivity index (χ1) is 7.96. The third-order valence-electron chi connectivity index (χ3n) is 2.54. The maximum Gasteiger partial charge on any atom is 0.266 e. The molecule has 2 aromatic rings. The van der Waals surface area contributed by atoms with Gasteiger partial charge in [-0.05, 0) is 18.2 Å². The monoisotopic (exact) mass is 255 g/mol. The number of aromatic amines is 1. The van der Waals surface area contributed by atoms with Crippen molar-refractivity contribution in [2.45, 2.75) is 4.90 Å². The molecule has 1 aromatic heterocycles. The smallest absolute Gasteiger partial charge is 0.266 e. The van der Waals surface area contributed by atoms with Gasteiger partial charge in [-0.1, -0.05) is 4.47 Å². The van der Waals surface area contributed by atoms with Crippen LogP contribution in [0.4, 0.5) is 5.69 Å². The van der Waals surface area contributed by atoms with Crippen LogP contribution in [0.3, 0.4) is 0 Å². The molecule has 0 bridgehead atoms. The number of nitrogens with one attached hydrogen (secondary N) is 1. The van der Waals surface area contributed by atoms with Crippen LogP contribution in [0.1, 0.15) is 0 Å². The first-order valence-electron chi connectivity index (χ1n) is 4.86. The third-order valence-corrected chi connectivity index (χ3v) is 4.26. The number of H-pyrrole nitrogens is 1. The molecular formula is C10H13N3O3S. The Kier molecular flexibility index (Phi) is 2.82. The fraction of sp³-hybridized carbons (Fsp3) is 0.200. The van der Waals surface area contributed by atoms with E-state index in [1.807, 2.05) is 0 Å². The van der Waals surface area contributed by atoms with Crippen LogP contribution >= 0.6 is 0 Å². The van der Waals surface area contributed by atoms with Crippen LogP contribution in [0, 0.1) is 0 Å². The Hall–Kier alpha value is -1.57. The second-order valence-electron chi connectivity index (χ2n) is 3.56. The predicted molar refractivity (Wildman–Crippen MR) is 64.7 cm³/mol. The maximum absolute atomic E-state index is 12.1. The Balaban J connectivity index is 2.65. The highest BCUT2D eigenvalue weighted by Gasteiger charge is 2.24. The molecule has 0 fully saturated rings. The third kappa shape index (κ3) is 1.88. The zero-order valence-electron chi connectivity index (χ0n) is 9.47. The van der Waals surface area contributed by atoms with E-state index in [4.69, 9.17) is 10.6 Å². The predicted octanol–water partition coefficient (Wildman–Crippen LogP) is 0.932. The lowest BCUT2D eigenvalue weighted by Gasteiger charge is -2.13. The molecule has 1 aromatic carbocycles. The van der Waals surface area contributed by atoms with Crippen molar-refractivity contribution in [1.82, 2.24) is 9.45 Å². The van der Waals surface area contributed by atoms with E-state index in [-0.39, 0.29) is 4.90 Å². The van der Waals surface area contributed by atoms with Gasteiger partial charge in [0.05, 0.1) is 7.11 Å². The fourth-order valence-corrected chi connectivity index (χ4v) is 2.70. The maximum atomic E-state index is 12.1. The van der Waals surface area contributed by atoms with E-state index in [0.717, 1.165) is 4.47 Å². The molecule has 2 rings (SSSR count). The summed E-state index contributed by atoms with van der Waals surface area (Å²) >= 11 is 0. The van der Waals surface area contributed by atoms with Crippen LogP contribution in [0.25, 0.3) is 10.9 Å². The van der Waals surface area contributed by atoms with Crippen LogP contribution < -0.4 is 5.73 Å². The summed E-state index contributed by atoms with van der Waals surface area (Å²) in [5.74, 6) is 0. The highest BCUT2D eigenvalue weighted by Crippen LogP contribution is 2.26. The molecule has 0 aliphatic rings. The minimum Gasteiger partial charge on any atom is -0.399 e. The number of aromatic nitrogens is 1. The molecule has 0 spiro atoms. The highest BCUT2D eigenvalue weighted by atomic mass is 32.2. The Labute approximate surface area is 99.0 Å². The van der Waals surface area contributed by atoms with E-state index in [0.29, 0.717) is 16.6 Å². The average molecular weight is 255 g/mol. The van der Waals surface area contributed by atoms with Gasteiger partial charge in [0.1, 0.15) is 4.90 Å². The van der Waals surface area contributed by atoms with Crippen molar-refractivity contribution in [1.29, 1.82) is 0 Å². The van der Waals surface area contributed by atoms with Gasteiger partial charge in [0, 0.05) is 29.8 Å².